The van der Waals surface area contributed by atoms with Crippen molar-refractivity contribution in [2.45, 2.75) is 6.92 Å². The van der Waals surface area contributed by atoms with E-state index in [4.69, 9.17) is 5.41 Å². The predicted octanol–water partition coefficient (Wildman–Crippen LogP) is 1.45. The number of carbonyl (C=O) groups is 1. The molecule has 1 saturated heterocycles. The van der Waals surface area contributed by atoms with E-state index in [2.05, 4.69) is 15.3 Å². The van der Waals surface area contributed by atoms with Crippen LogP contribution in [0.3, 0.4) is 0 Å². The molecule has 3 rings (SSSR count). The zero-order chi connectivity index (χ0) is 16.2. The molecule has 0 spiro atoms. The molecule has 0 saturated carbocycles. The van der Waals surface area contributed by atoms with Crippen molar-refractivity contribution in [3.63, 3.8) is 0 Å². The molecule has 0 bridgehead atoms. The highest BCUT2D eigenvalue weighted by molar-refractivity contribution is 6.39. The summed E-state index contributed by atoms with van der Waals surface area (Å²) in [5.41, 5.74) is 2.42. The van der Waals surface area contributed by atoms with E-state index in [1.54, 1.807) is 11.1 Å². The Bertz CT molecular complexity index is 772. The molecule has 0 aliphatic carbocycles. The van der Waals surface area contributed by atoms with Gasteiger partial charge in [0.25, 0.3) is 5.91 Å². The Morgan fingerprint density at radius 3 is 2.78 bits per heavy atom. The molecular formula is C17H19N5O. The maximum atomic E-state index is 12.3. The zero-order valence-electron chi connectivity index (χ0n) is 13.0. The van der Waals surface area contributed by atoms with Crippen LogP contribution in [0, 0.1) is 5.41 Å². The van der Waals surface area contributed by atoms with Gasteiger partial charge in [-0.05, 0) is 19.1 Å². The molecule has 0 radical (unpaired) electrons. The minimum Gasteiger partial charge on any atom is -0.333 e. The number of rotatable bonds is 1. The number of carbonyl (C=O) groups excluding carboxylic acids is 1. The predicted molar refractivity (Wildman–Crippen MR) is 91.1 cm³/mol. The van der Waals surface area contributed by atoms with Gasteiger partial charge in [0.2, 0.25) is 5.84 Å². The fourth-order valence-electron chi connectivity index (χ4n) is 2.70. The molecule has 23 heavy (non-hydrogen) atoms. The number of aromatic nitrogens is 1. The quantitative estimate of drug-likeness (QED) is 0.618. The van der Waals surface area contributed by atoms with Crippen LogP contribution < -0.4 is 5.32 Å². The fourth-order valence-corrected chi connectivity index (χ4v) is 2.70. The molecule has 1 aromatic heterocycles. The Hall–Kier alpha value is -2.60. The largest absolute Gasteiger partial charge is 0.333 e. The summed E-state index contributed by atoms with van der Waals surface area (Å²) in [6.07, 6.45) is 1.72. The number of nitrogens with zero attached hydrogens (tertiary/aromatic N) is 3. The summed E-state index contributed by atoms with van der Waals surface area (Å²) >= 11 is 0. The summed E-state index contributed by atoms with van der Waals surface area (Å²) in [5, 5.41) is 12.2. The molecule has 1 aromatic carbocycles. The van der Waals surface area contributed by atoms with Crippen molar-refractivity contribution < 1.29 is 4.79 Å². The third-order valence-corrected chi connectivity index (χ3v) is 3.93. The van der Waals surface area contributed by atoms with Crippen LogP contribution in [-0.2, 0) is 4.79 Å². The summed E-state index contributed by atoms with van der Waals surface area (Å²) in [6, 6.07) is 9.64. The SMILES string of the molecule is CC(=NC(=N)C(=O)N1CCNCC1)c1ccnc2ccccc12. The van der Waals surface area contributed by atoms with Crippen molar-refractivity contribution in [3.05, 3.63) is 42.1 Å². The zero-order valence-corrected chi connectivity index (χ0v) is 13.0. The smallest absolute Gasteiger partial charge is 0.291 e. The average Bonchev–Trinajstić information content (AvgIpc) is 2.61. The minimum atomic E-state index is -0.316. The number of nitrogens with one attached hydrogen (secondary N) is 2. The number of benzene rings is 1. The Morgan fingerprint density at radius 1 is 1.26 bits per heavy atom. The van der Waals surface area contributed by atoms with Gasteiger partial charge in [-0.1, -0.05) is 18.2 Å². The second kappa shape index (κ2) is 6.66. The van der Waals surface area contributed by atoms with Crippen molar-refractivity contribution in [2.24, 2.45) is 4.99 Å². The molecule has 0 atom stereocenters. The van der Waals surface area contributed by atoms with E-state index >= 15 is 0 Å². The Labute approximate surface area is 134 Å². The van der Waals surface area contributed by atoms with Crippen LogP contribution >= 0.6 is 0 Å². The number of hydrogen-bond acceptors (Lipinski definition) is 4. The van der Waals surface area contributed by atoms with Crippen LogP contribution in [0.4, 0.5) is 0 Å². The van der Waals surface area contributed by atoms with Crippen LogP contribution in [-0.4, -0.2) is 53.5 Å². The number of fused-ring (bicyclic) bond motifs is 1. The maximum Gasteiger partial charge on any atom is 0.291 e. The van der Waals surface area contributed by atoms with Gasteiger partial charge in [-0.15, -0.1) is 0 Å². The monoisotopic (exact) mass is 309 g/mol. The van der Waals surface area contributed by atoms with E-state index in [0.717, 1.165) is 29.6 Å². The second-order valence-electron chi connectivity index (χ2n) is 5.46. The third-order valence-electron chi connectivity index (χ3n) is 3.93. The second-order valence-corrected chi connectivity index (χ2v) is 5.46. The molecule has 1 fully saturated rings. The molecule has 1 amide bonds. The Balaban J connectivity index is 1.86. The highest BCUT2D eigenvalue weighted by atomic mass is 16.2. The van der Waals surface area contributed by atoms with Crippen LogP contribution in [0.5, 0.6) is 0 Å². The molecule has 1 aliphatic rings. The lowest BCUT2D eigenvalue weighted by atomic mass is 10.1. The van der Waals surface area contributed by atoms with Crippen molar-refractivity contribution in [1.82, 2.24) is 15.2 Å². The number of pyridine rings is 1. The number of para-hydroxylation sites is 1. The first-order chi connectivity index (χ1) is 11.2. The number of amides is 1. The van der Waals surface area contributed by atoms with Crippen molar-refractivity contribution in [1.29, 1.82) is 5.41 Å². The average molecular weight is 309 g/mol. The lowest BCUT2D eigenvalue weighted by molar-refractivity contribution is -0.124. The van der Waals surface area contributed by atoms with Crippen LogP contribution in [0.25, 0.3) is 10.9 Å². The van der Waals surface area contributed by atoms with E-state index in [1.807, 2.05) is 37.3 Å². The number of amidine groups is 1. The van der Waals surface area contributed by atoms with Gasteiger partial charge in [0.15, 0.2) is 0 Å². The first kappa shape index (κ1) is 15.3. The van der Waals surface area contributed by atoms with Gasteiger partial charge in [0, 0.05) is 49.0 Å². The van der Waals surface area contributed by atoms with Gasteiger partial charge in [-0.25, -0.2) is 4.99 Å². The fraction of sp³-hybridized carbons (Fsp3) is 0.294. The van der Waals surface area contributed by atoms with Crippen molar-refractivity contribution >= 4 is 28.4 Å². The summed E-state index contributed by atoms with van der Waals surface area (Å²) in [5.74, 6) is -0.533. The summed E-state index contributed by atoms with van der Waals surface area (Å²) in [6.45, 7) is 4.58. The van der Waals surface area contributed by atoms with Crippen LogP contribution in [0.2, 0.25) is 0 Å². The standard InChI is InChI=1S/C17H19N5O/c1-12(13-6-7-20-15-5-3-2-4-14(13)15)21-16(18)17(23)22-10-8-19-9-11-22/h2-7,18-19H,8-11H2,1H3. The Kier molecular flexibility index (Phi) is 4.43. The third kappa shape index (κ3) is 3.27. The first-order valence-electron chi connectivity index (χ1n) is 7.65. The lowest BCUT2D eigenvalue weighted by Crippen LogP contribution is -2.48. The van der Waals surface area contributed by atoms with Crippen molar-refractivity contribution in [2.75, 3.05) is 26.2 Å². The normalized spacial score (nSPS) is 15.7. The first-order valence-corrected chi connectivity index (χ1v) is 7.65. The van der Waals surface area contributed by atoms with Crippen molar-refractivity contribution in [3.8, 4) is 0 Å². The van der Waals surface area contributed by atoms with Gasteiger partial charge in [0.1, 0.15) is 0 Å². The van der Waals surface area contributed by atoms with Gasteiger partial charge < -0.3 is 10.2 Å². The molecule has 1 aliphatic heterocycles. The molecule has 2 aromatic rings. The summed E-state index contributed by atoms with van der Waals surface area (Å²) in [4.78, 5) is 22.5. The number of piperazine rings is 1. The molecule has 2 heterocycles. The highest BCUT2D eigenvalue weighted by Gasteiger charge is 2.20. The van der Waals surface area contributed by atoms with Crippen LogP contribution in [0.1, 0.15) is 12.5 Å². The van der Waals surface area contributed by atoms with E-state index in [-0.39, 0.29) is 11.7 Å². The maximum absolute atomic E-state index is 12.3. The van der Waals surface area contributed by atoms with Gasteiger partial charge >= 0.3 is 0 Å². The minimum absolute atomic E-state index is 0.217. The van der Waals surface area contributed by atoms with E-state index in [9.17, 15) is 4.79 Å². The van der Waals surface area contributed by atoms with Gasteiger partial charge in [-0.3, -0.25) is 15.2 Å². The summed E-state index contributed by atoms with van der Waals surface area (Å²) in [7, 11) is 0. The molecule has 0 unspecified atom stereocenters. The molecular weight excluding hydrogens is 290 g/mol. The van der Waals surface area contributed by atoms with Gasteiger partial charge in [-0.2, -0.15) is 0 Å². The number of aliphatic imine (C=N–C) groups is 1. The molecule has 118 valence electrons. The van der Waals surface area contributed by atoms with Gasteiger partial charge in [0.05, 0.1) is 5.52 Å². The highest BCUT2D eigenvalue weighted by Crippen LogP contribution is 2.17. The van der Waals surface area contributed by atoms with E-state index < -0.39 is 0 Å². The van der Waals surface area contributed by atoms with E-state index in [0.29, 0.717) is 18.8 Å². The summed E-state index contributed by atoms with van der Waals surface area (Å²) < 4.78 is 0. The Morgan fingerprint density at radius 2 is 2.00 bits per heavy atom. The topological polar surface area (TPSA) is 81.4 Å². The molecule has 6 nitrogen and oxygen atoms in total. The van der Waals surface area contributed by atoms with Crippen LogP contribution in [0.15, 0.2) is 41.5 Å². The molecule has 6 heteroatoms. The lowest BCUT2D eigenvalue weighted by Gasteiger charge is -2.26. The van der Waals surface area contributed by atoms with E-state index in [1.165, 1.54) is 0 Å². The molecule has 2 N–H and O–H groups in total. The number of hydrogen-bond donors (Lipinski definition) is 2.